The first-order valence-corrected chi connectivity index (χ1v) is 10.4. The van der Waals surface area contributed by atoms with Crippen LogP contribution in [0.25, 0.3) is 10.9 Å². The van der Waals surface area contributed by atoms with Crippen LogP contribution in [-0.4, -0.2) is 23.7 Å². The summed E-state index contributed by atoms with van der Waals surface area (Å²) in [6.45, 7) is 6.51. The van der Waals surface area contributed by atoms with Gasteiger partial charge >= 0.3 is 0 Å². The standard InChI is InChI=1S/C24H28N2O3/c1-4-15(3)26-23(27)12-19(17-9-10-21-22(11-17)29-14-28-21)20-13-25-24-16(5-2)7-6-8-18(20)24/h6-11,13,15,19,25H,4-5,12,14H2,1-3H3,(H,26,27)/t15-,19-/m1/s1. The number of nitrogens with one attached hydrogen (secondary N) is 2. The predicted molar refractivity (Wildman–Crippen MR) is 115 cm³/mol. The van der Waals surface area contributed by atoms with Crippen molar-refractivity contribution in [2.75, 3.05) is 6.79 Å². The maximum atomic E-state index is 12.8. The number of fused-ring (bicyclic) bond motifs is 2. The van der Waals surface area contributed by atoms with Gasteiger partial charge in [-0.2, -0.15) is 0 Å². The number of carbonyl (C=O) groups is 1. The fraction of sp³-hybridized carbons (Fsp3) is 0.375. The van der Waals surface area contributed by atoms with E-state index in [4.69, 9.17) is 9.47 Å². The molecule has 2 heterocycles. The van der Waals surface area contributed by atoms with Gasteiger partial charge in [0.2, 0.25) is 12.7 Å². The molecule has 0 saturated carbocycles. The van der Waals surface area contributed by atoms with Crippen LogP contribution in [0, 0.1) is 0 Å². The topological polar surface area (TPSA) is 63.4 Å². The number of benzene rings is 2. The Morgan fingerprint density at radius 3 is 2.79 bits per heavy atom. The zero-order chi connectivity index (χ0) is 20.4. The Balaban J connectivity index is 1.75. The van der Waals surface area contributed by atoms with Crippen molar-refractivity contribution in [3.05, 3.63) is 59.3 Å². The van der Waals surface area contributed by atoms with Crippen LogP contribution >= 0.6 is 0 Å². The number of aromatic amines is 1. The van der Waals surface area contributed by atoms with Gasteiger partial charge in [-0.15, -0.1) is 0 Å². The van der Waals surface area contributed by atoms with Crippen LogP contribution in [-0.2, 0) is 11.2 Å². The molecular weight excluding hydrogens is 364 g/mol. The number of H-pyrrole nitrogens is 1. The average Bonchev–Trinajstić information content (AvgIpc) is 3.38. The molecule has 0 radical (unpaired) electrons. The highest BCUT2D eigenvalue weighted by atomic mass is 16.7. The molecule has 1 aliphatic heterocycles. The Hall–Kier alpha value is -2.95. The zero-order valence-electron chi connectivity index (χ0n) is 17.2. The molecule has 0 bridgehead atoms. The lowest BCUT2D eigenvalue weighted by Gasteiger charge is -2.19. The lowest BCUT2D eigenvalue weighted by Crippen LogP contribution is -2.33. The largest absolute Gasteiger partial charge is 0.454 e. The van der Waals surface area contributed by atoms with Crippen LogP contribution in [0.3, 0.4) is 0 Å². The molecule has 152 valence electrons. The number of aromatic nitrogens is 1. The first kappa shape index (κ1) is 19.4. The van der Waals surface area contributed by atoms with Crippen LogP contribution in [0.2, 0.25) is 0 Å². The molecule has 3 aromatic rings. The highest BCUT2D eigenvalue weighted by molar-refractivity contribution is 5.88. The molecule has 5 heteroatoms. The Kier molecular flexibility index (Phi) is 5.47. The lowest BCUT2D eigenvalue weighted by molar-refractivity contribution is -0.121. The SMILES string of the molecule is CCc1cccc2c([C@H](CC(=O)N[C@H](C)CC)c3ccc4c(c3)OCO4)c[nH]c12. The third-order valence-electron chi connectivity index (χ3n) is 5.80. The predicted octanol–water partition coefficient (Wildman–Crippen LogP) is 4.90. The lowest BCUT2D eigenvalue weighted by atomic mass is 9.87. The first-order valence-electron chi connectivity index (χ1n) is 10.4. The third-order valence-corrected chi connectivity index (χ3v) is 5.80. The molecular formula is C24H28N2O3. The van der Waals surface area contributed by atoms with Gasteiger partial charge in [-0.05, 0) is 48.6 Å². The molecule has 1 aliphatic rings. The van der Waals surface area contributed by atoms with Gasteiger partial charge in [-0.3, -0.25) is 4.79 Å². The van der Waals surface area contributed by atoms with Crippen molar-refractivity contribution in [1.29, 1.82) is 0 Å². The minimum Gasteiger partial charge on any atom is -0.454 e. The number of hydrogen-bond acceptors (Lipinski definition) is 3. The minimum atomic E-state index is -0.0746. The smallest absolute Gasteiger partial charge is 0.231 e. The van der Waals surface area contributed by atoms with Gasteiger partial charge in [0.15, 0.2) is 11.5 Å². The van der Waals surface area contributed by atoms with Crippen molar-refractivity contribution in [2.45, 2.75) is 52.0 Å². The van der Waals surface area contributed by atoms with Crippen molar-refractivity contribution < 1.29 is 14.3 Å². The fourth-order valence-corrected chi connectivity index (χ4v) is 3.98. The number of rotatable bonds is 7. The summed E-state index contributed by atoms with van der Waals surface area (Å²) in [6.07, 6.45) is 4.30. The van der Waals surface area contributed by atoms with Crippen molar-refractivity contribution in [3.8, 4) is 11.5 Å². The summed E-state index contributed by atoms with van der Waals surface area (Å²) >= 11 is 0. The highest BCUT2D eigenvalue weighted by Crippen LogP contribution is 2.39. The second-order valence-electron chi connectivity index (χ2n) is 7.68. The molecule has 1 aromatic heterocycles. The molecule has 0 saturated heterocycles. The van der Waals surface area contributed by atoms with E-state index in [-0.39, 0.29) is 24.7 Å². The van der Waals surface area contributed by atoms with E-state index in [1.54, 1.807) is 0 Å². The fourth-order valence-electron chi connectivity index (χ4n) is 3.98. The quantitative estimate of drug-likeness (QED) is 0.601. The minimum absolute atomic E-state index is 0.0583. The van der Waals surface area contributed by atoms with Gasteiger partial charge in [0.25, 0.3) is 0 Å². The average molecular weight is 392 g/mol. The van der Waals surface area contributed by atoms with Crippen molar-refractivity contribution >= 4 is 16.8 Å². The normalized spacial score (nSPS) is 14.7. The summed E-state index contributed by atoms with van der Waals surface area (Å²) in [5, 5.41) is 4.28. The van der Waals surface area contributed by atoms with E-state index in [9.17, 15) is 4.79 Å². The Morgan fingerprint density at radius 1 is 1.17 bits per heavy atom. The second-order valence-corrected chi connectivity index (χ2v) is 7.68. The van der Waals surface area contributed by atoms with Crippen LogP contribution in [0.4, 0.5) is 0 Å². The van der Waals surface area contributed by atoms with Crippen molar-refractivity contribution in [2.24, 2.45) is 0 Å². The summed E-state index contributed by atoms with van der Waals surface area (Å²) in [5.74, 6) is 1.48. The number of carbonyl (C=O) groups excluding carboxylic acids is 1. The van der Waals surface area contributed by atoms with E-state index in [0.717, 1.165) is 41.0 Å². The van der Waals surface area contributed by atoms with Gasteiger partial charge in [0.05, 0.1) is 0 Å². The van der Waals surface area contributed by atoms with E-state index < -0.39 is 0 Å². The van der Waals surface area contributed by atoms with Crippen LogP contribution < -0.4 is 14.8 Å². The summed E-state index contributed by atoms with van der Waals surface area (Å²) < 4.78 is 11.1. The Morgan fingerprint density at radius 2 is 2.00 bits per heavy atom. The third kappa shape index (κ3) is 3.82. The maximum absolute atomic E-state index is 12.8. The molecule has 0 spiro atoms. The summed E-state index contributed by atoms with van der Waals surface area (Å²) in [6, 6.07) is 12.5. The van der Waals surface area contributed by atoms with E-state index in [0.29, 0.717) is 6.42 Å². The first-order chi connectivity index (χ1) is 14.1. The monoisotopic (exact) mass is 392 g/mol. The van der Waals surface area contributed by atoms with Crippen LogP contribution in [0.15, 0.2) is 42.6 Å². The van der Waals surface area contributed by atoms with Crippen LogP contribution in [0.5, 0.6) is 11.5 Å². The Labute approximate surface area is 171 Å². The molecule has 0 unspecified atom stereocenters. The van der Waals surface area contributed by atoms with E-state index in [2.05, 4.69) is 48.5 Å². The summed E-state index contributed by atoms with van der Waals surface area (Å²) in [4.78, 5) is 16.3. The number of ether oxygens (including phenoxy) is 2. The molecule has 2 atom stereocenters. The maximum Gasteiger partial charge on any atom is 0.231 e. The molecule has 1 amide bonds. The number of para-hydroxylation sites is 1. The van der Waals surface area contributed by atoms with E-state index in [1.165, 1.54) is 10.9 Å². The van der Waals surface area contributed by atoms with E-state index in [1.807, 2.05) is 25.1 Å². The molecule has 5 nitrogen and oxygen atoms in total. The second kappa shape index (κ2) is 8.19. The number of amides is 1. The van der Waals surface area contributed by atoms with Crippen molar-refractivity contribution in [1.82, 2.24) is 10.3 Å². The highest BCUT2D eigenvalue weighted by Gasteiger charge is 2.25. The summed E-state index contributed by atoms with van der Waals surface area (Å²) in [7, 11) is 0. The molecule has 0 aliphatic carbocycles. The van der Waals surface area contributed by atoms with Gasteiger partial charge in [-0.25, -0.2) is 0 Å². The molecule has 0 fully saturated rings. The number of aryl methyl sites for hydroxylation is 1. The van der Waals surface area contributed by atoms with Gasteiger partial charge < -0.3 is 19.8 Å². The molecule has 4 rings (SSSR count). The van der Waals surface area contributed by atoms with Gasteiger partial charge in [0.1, 0.15) is 0 Å². The summed E-state index contributed by atoms with van der Waals surface area (Å²) in [5.41, 5.74) is 4.62. The zero-order valence-corrected chi connectivity index (χ0v) is 17.2. The van der Waals surface area contributed by atoms with Gasteiger partial charge in [0, 0.05) is 35.5 Å². The molecule has 29 heavy (non-hydrogen) atoms. The van der Waals surface area contributed by atoms with Crippen molar-refractivity contribution in [3.63, 3.8) is 0 Å². The van der Waals surface area contributed by atoms with Gasteiger partial charge in [-0.1, -0.05) is 38.1 Å². The Bertz CT molecular complexity index is 1020. The molecule has 2 N–H and O–H groups in total. The van der Waals surface area contributed by atoms with E-state index >= 15 is 0 Å². The number of hydrogen-bond donors (Lipinski definition) is 2. The molecule has 2 aromatic carbocycles. The van der Waals surface area contributed by atoms with Crippen LogP contribution in [0.1, 0.15) is 56.2 Å².